The van der Waals surface area contributed by atoms with Crippen LogP contribution in [-0.4, -0.2) is 27.9 Å². The summed E-state index contributed by atoms with van der Waals surface area (Å²) in [5.41, 5.74) is 3.73. The third-order valence-corrected chi connectivity index (χ3v) is 4.05. The second kappa shape index (κ2) is 7.33. The first-order valence-corrected chi connectivity index (χ1v) is 8.55. The lowest BCUT2D eigenvalue weighted by Crippen LogP contribution is -2.09. The van der Waals surface area contributed by atoms with Gasteiger partial charge in [0.15, 0.2) is 5.69 Å². The first-order chi connectivity index (χ1) is 13.2. The van der Waals surface area contributed by atoms with E-state index in [4.69, 9.17) is 13.9 Å². The second-order valence-corrected chi connectivity index (χ2v) is 5.84. The van der Waals surface area contributed by atoms with E-state index in [0.717, 1.165) is 22.9 Å². The molecule has 0 saturated heterocycles. The topological polar surface area (TPSA) is 90.2 Å². The van der Waals surface area contributed by atoms with Crippen molar-refractivity contribution in [1.82, 2.24) is 15.2 Å². The summed E-state index contributed by atoms with van der Waals surface area (Å²) < 4.78 is 15.2. The molecule has 0 aliphatic carbocycles. The van der Waals surface area contributed by atoms with Gasteiger partial charge in [-0.25, -0.2) is 9.78 Å². The van der Waals surface area contributed by atoms with Crippen LogP contribution in [0.2, 0.25) is 0 Å². The first kappa shape index (κ1) is 16.8. The van der Waals surface area contributed by atoms with Crippen molar-refractivity contribution in [2.24, 2.45) is 0 Å². The molecular weight excluding hydrogens is 346 g/mol. The maximum Gasteiger partial charge on any atom is 0.516 e. The fourth-order valence-corrected chi connectivity index (χ4v) is 2.91. The van der Waals surface area contributed by atoms with E-state index in [2.05, 4.69) is 27.3 Å². The molecule has 0 aliphatic heterocycles. The quantitative estimate of drug-likeness (QED) is 0.530. The average Bonchev–Trinajstić information content (AvgIpc) is 3.30. The van der Waals surface area contributed by atoms with Crippen LogP contribution in [0.15, 0.2) is 59.1 Å². The molecule has 4 rings (SSSR count). The van der Waals surface area contributed by atoms with Crippen molar-refractivity contribution in [3.05, 3.63) is 65.9 Å². The number of rotatable bonds is 5. The van der Waals surface area contributed by atoms with Crippen LogP contribution in [0, 0.1) is 0 Å². The zero-order chi connectivity index (χ0) is 18.6. The summed E-state index contributed by atoms with van der Waals surface area (Å²) in [5, 5.41) is 8.27. The number of benzene rings is 2. The van der Waals surface area contributed by atoms with E-state index in [9.17, 15) is 4.79 Å². The van der Waals surface area contributed by atoms with Crippen molar-refractivity contribution in [3.63, 3.8) is 0 Å². The van der Waals surface area contributed by atoms with Crippen LogP contribution >= 0.6 is 0 Å². The molecule has 0 saturated carbocycles. The number of hydrogen-bond donors (Lipinski definition) is 1. The highest BCUT2D eigenvalue weighted by Gasteiger charge is 2.18. The molecule has 1 N–H and O–H groups in total. The molecular formula is C20H17N3O4. The van der Waals surface area contributed by atoms with E-state index >= 15 is 0 Å². The minimum absolute atomic E-state index is 0.0415. The number of carbonyl (C=O) groups is 1. The summed E-state index contributed by atoms with van der Waals surface area (Å²) in [6.07, 6.45) is 1.24. The number of nitrogens with one attached hydrogen (secondary N) is 1. The number of ether oxygens (including phenoxy) is 2. The molecule has 0 radical (unpaired) electrons. The molecule has 0 amide bonds. The summed E-state index contributed by atoms with van der Waals surface area (Å²) in [6, 6.07) is 16.1. The molecule has 0 fully saturated rings. The minimum Gasteiger partial charge on any atom is -0.434 e. The van der Waals surface area contributed by atoms with Crippen LogP contribution in [-0.2, 0) is 11.2 Å². The minimum atomic E-state index is -0.836. The van der Waals surface area contributed by atoms with E-state index in [1.165, 1.54) is 11.8 Å². The van der Waals surface area contributed by atoms with E-state index in [1.54, 1.807) is 6.92 Å². The average molecular weight is 363 g/mol. The summed E-state index contributed by atoms with van der Waals surface area (Å²) in [6.45, 7) is 1.91. The second-order valence-electron chi connectivity index (χ2n) is 5.84. The molecule has 7 heteroatoms. The van der Waals surface area contributed by atoms with E-state index in [0.29, 0.717) is 5.69 Å². The number of oxazole rings is 1. The lowest BCUT2D eigenvalue weighted by atomic mass is 10.00. The van der Waals surface area contributed by atoms with Gasteiger partial charge in [0.25, 0.3) is 5.89 Å². The predicted molar refractivity (Wildman–Crippen MR) is 98.5 cm³/mol. The van der Waals surface area contributed by atoms with Crippen molar-refractivity contribution >= 4 is 17.1 Å². The maximum absolute atomic E-state index is 11.4. The Labute approximate surface area is 154 Å². The van der Waals surface area contributed by atoms with Crippen molar-refractivity contribution in [3.8, 4) is 17.5 Å². The summed E-state index contributed by atoms with van der Waals surface area (Å²) in [4.78, 5) is 15.6. The zero-order valence-electron chi connectivity index (χ0n) is 14.6. The van der Waals surface area contributed by atoms with Gasteiger partial charge in [0.1, 0.15) is 6.20 Å². The molecule has 2 aromatic heterocycles. The molecule has 0 atom stereocenters. The summed E-state index contributed by atoms with van der Waals surface area (Å²) in [7, 11) is 0. The van der Waals surface area contributed by atoms with Gasteiger partial charge in [-0.2, -0.15) is 5.10 Å². The monoisotopic (exact) mass is 363 g/mol. The maximum atomic E-state index is 11.4. The molecule has 4 aromatic rings. The molecule has 0 aliphatic rings. The molecule has 2 aromatic carbocycles. The van der Waals surface area contributed by atoms with Gasteiger partial charge in [-0.05, 0) is 30.5 Å². The van der Waals surface area contributed by atoms with E-state index in [1.807, 2.05) is 36.4 Å². The van der Waals surface area contributed by atoms with Gasteiger partial charge in [-0.1, -0.05) is 42.5 Å². The predicted octanol–water partition coefficient (Wildman–Crippen LogP) is 4.34. The number of hydrogen-bond acceptors (Lipinski definition) is 6. The number of fused-ring (bicyclic) bond motifs is 1. The molecule has 2 heterocycles. The Morgan fingerprint density at radius 2 is 2.00 bits per heavy atom. The van der Waals surface area contributed by atoms with Crippen molar-refractivity contribution < 1.29 is 18.7 Å². The smallest absolute Gasteiger partial charge is 0.434 e. The summed E-state index contributed by atoms with van der Waals surface area (Å²) >= 11 is 0. The number of carbonyl (C=O) groups excluding carboxylic acids is 1. The van der Waals surface area contributed by atoms with E-state index < -0.39 is 6.16 Å². The Morgan fingerprint density at radius 1 is 1.15 bits per heavy atom. The van der Waals surface area contributed by atoms with Crippen LogP contribution < -0.4 is 4.74 Å². The molecule has 7 nitrogen and oxygen atoms in total. The molecule has 136 valence electrons. The Balaban J connectivity index is 1.69. The Morgan fingerprint density at radius 3 is 2.81 bits per heavy atom. The van der Waals surface area contributed by atoms with Crippen molar-refractivity contribution in [2.45, 2.75) is 13.3 Å². The Bertz CT molecular complexity index is 1070. The largest absolute Gasteiger partial charge is 0.516 e. The van der Waals surface area contributed by atoms with Gasteiger partial charge in [0.2, 0.25) is 0 Å². The molecule has 0 bridgehead atoms. The van der Waals surface area contributed by atoms with Gasteiger partial charge >= 0.3 is 12.1 Å². The Kier molecular flexibility index (Phi) is 4.57. The van der Waals surface area contributed by atoms with Gasteiger partial charge in [0, 0.05) is 5.39 Å². The molecule has 27 heavy (non-hydrogen) atoms. The van der Waals surface area contributed by atoms with Crippen LogP contribution in [0.4, 0.5) is 4.79 Å². The highest BCUT2D eigenvalue weighted by molar-refractivity contribution is 5.93. The van der Waals surface area contributed by atoms with Gasteiger partial charge < -0.3 is 13.9 Å². The highest BCUT2D eigenvalue weighted by atomic mass is 16.8. The third-order valence-electron chi connectivity index (χ3n) is 4.05. The van der Waals surface area contributed by atoms with Gasteiger partial charge in [-0.3, -0.25) is 5.10 Å². The number of aromatic amines is 1. The van der Waals surface area contributed by atoms with Crippen LogP contribution in [0.1, 0.15) is 18.1 Å². The molecule has 0 spiro atoms. The fourth-order valence-electron chi connectivity index (χ4n) is 2.91. The zero-order valence-corrected chi connectivity index (χ0v) is 14.6. The van der Waals surface area contributed by atoms with Crippen LogP contribution in [0.5, 0.6) is 5.95 Å². The van der Waals surface area contributed by atoms with Crippen molar-refractivity contribution in [1.29, 1.82) is 0 Å². The summed E-state index contributed by atoms with van der Waals surface area (Å²) in [5.74, 6) is 0.223. The SMILES string of the molecule is CCOC(=O)Oc1cnc(-c2n[nH]c3cccc(Cc4ccccc4)c23)o1. The number of H-pyrrole nitrogens is 1. The first-order valence-electron chi connectivity index (χ1n) is 8.55. The van der Waals surface area contributed by atoms with Crippen molar-refractivity contribution in [2.75, 3.05) is 6.61 Å². The van der Waals surface area contributed by atoms with Gasteiger partial charge in [-0.15, -0.1) is 0 Å². The third kappa shape index (κ3) is 3.52. The molecule has 0 unspecified atom stereocenters. The standard InChI is InChI=1S/C20H17N3O4/c1-2-25-20(24)27-16-12-21-19(26-16)18-17-14(9-6-10-15(17)22-23-18)11-13-7-4-3-5-8-13/h3-10,12H,2,11H2,1H3,(H,22,23). The Hall–Kier alpha value is -3.61. The lowest BCUT2D eigenvalue weighted by Gasteiger charge is -2.04. The normalized spacial score (nSPS) is 10.9. The highest BCUT2D eigenvalue weighted by Crippen LogP contribution is 2.31. The van der Waals surface area contributed by atoms with Crippen LogP contribution in [0.25, 0.3) is 22.5 Å². The van der Waals surface area contributed by atoms with E-state index in [-0.39, 0.29) is 18.4 Å². The lowest BCUT2D eigenvalue weighted by molar-refractivity contribution is 0.0952. The number of aromatic nitrogens is 3. The number of nitrogens with zero attached hydrogens (tertiary/aromatic N) is 2. The van der Waals surface area contributed by atoms with Gasteiger partial charge in [0.05, 0.1) is 12.1 Å². The fraction of sp³-hybridized carbons (Fsp3) is 0.150. The van der Waals surface area contributed by atoms with Crippen LogP contribution in [0.3, 0.4) is 0 Å².